The third-order valence-electron chi connectivity index (χ3n) is 5.49. The molecule has 0 fully saturated rings. The highest BCUT2D eigenvalue weighted by Crippen LogP contribution is 2.21. The fourth-order valence-corrected chi connectivity index (χ4v) is 4.52. The first-order chi connectivity index (χ1) is 15.7. The van der Waals surface area contributed by atoms with E-state index in [-0.39, 0.29) is 12.5 Å². The van der Waals surface area contributed by atoms with Gasteiger partial charge in [-0.1, -0.05) is 48.9 Å². The van der Waals surface area contributed by atoms with Crippen LogP contribution in [-0.4, -0.2) is 49.5 Å². The van der Waals surface area contributed by atoms with Crippen molar-refractivity contribution in [2.45, 2.75) is 66.1 Å². The molecule has 2 aromatic carbocycles. The molecule has 0 heterocycles. The molecular formula is C26H37N3O4S. The Morgan fingerprint density at radius 2 is 1.59 bits per heavy atom. The van der Waals surface area contributed by atoms with Gasteiger partial charge in [-0.15, -0.1) is 0 Å². The second-order valence-corrected chi connectivity index (χ2v) is 11.6. The molecule has 8 heteroatoms. The lowest BCUT2D eigenvalue weighted by atomic mass is 10.0. The molecule has 0 bridgehead atoms. The first kappa shape index (κ1) is 27.4. The van der Waals surface area contributed by atoms with Gasteiger partial charge in [0.1, 0.15) is 12.6 Å². The summed E-state index contributed by atoms with van der Waals surface area (Å²) >= 11 is 0. The largest absolute Gasteiger partial charge is 0.350 e. The third-order valence-corrected chi connectivity index (χ3v) is 6.63. The fraction of sp³-hybridized carbons (Fsp3) is 0.462. The zero-order chi connectivity index (χ0) is 25.7. The van der Waals surface area contributed by atoms with Gasteiger partial charge in [-0.25, -0.2) is 8.42 Å². The predicted octanol–water partition coefficient (Wildman–Crippen LogP) is 3.79. The van der Waals surface area contributed by atoms with E-state index < -0.39 is 34.1 Å². The fourth-order valence-electron chi connectivity index (χ4n) is 3.67. The predicted molar refractivity (Wildman–Crippen MR) is 137 cm³/mol. The van der Waals surface area contributed by atoms with E-state index in [0.717, 1.165) is 27.3 Å². The number of rotatable bonds is 9. The van der Waals surface area contributed by atoms with E-state index in [0.29, 0.717) is 12.1 Å². The molecule has 0 saturated heterocycles. The van der Waals surface area contributed by atoms with Gasteiger partial charge < -0.3 is 10.2 Å². The molecule has 0 aliphatic rings. The van der Waals surface area contributed by atoms with Crippen molar-refractivity contribution in [3.05, 3.63) is 65.2 Å². The van der Waals surface area contributed by atoms with Gasteiger partial charge >= 0.3 is 0 Å². The molecule has 0 radical (unpaired) electrons. The topological polar surface area (TPSA) is 86.8 Å². The minimum Gasteiger partial charge on any atom is -0.350 e. The van der Waals surface area contributed by atoms with Crippen LogP contribution >= 0.6 is 0 Å². The molecule has 2 amide bonds. The molecule has 0 aromatic heterocycles. The van der Waals surface area contributed by atoms with Crippen molar-refractivity contribution < 1.29 is 18.0 Å². The number of carbonyl (C=O) groups excluding carboxylic acids is 2. The van der Waals surface area contributed by atoms with Gasteiger partial charge in [-0.3, -0.25) is 13.9 Å². The maximum atomic E-state index is 13.7. The molecule has 1 N–H and O–H groups in total. The van der Waals surface area contributed by atoms with E-state index in [9.17, 15) is 18.0 Å². The number of nitrogens with zero attached hydrogens (tertiary/aromatic N) is 2. The Hall–Kier alpha value is -2.87. The lowest BCUT2D eigenvalue weighted by molar-refractivity contribution is -0.141. The summed E-state index contributed by atoms with van der Waals surface area (Å²) in [5.74, 6) is -0.705. The molecule has 0 aliphatic carbocycles. The molecule has 0 aliphatic heterocycles. The van der Waals surface area contributed by atoms with Crippen molar-refractivity contribution in [3.8, 4) is 0 Å². The van der Waals surface area contributed by atoms with Crippen molar-refractivity contribution in [1.82, 2.24) is 10.2 Å². The summed E-state index contributed by atoms with van der Waals surface area (Å²) < 4.78 is 26.3. The molecule has 2 aromatic rings. The van der Waals surface area contributed by atoms with Gasteiger partial charge in [-0.2, -0.15) is 0 Å². The number of amides is 2. The first-order valence-corrected chi connectivity index (χ1v) is 13.3. The molecule has 7 nitrogen and oxygen atoms in total. The SMILES string of the molecule is CCC(C(=O)NC(C)(C)C)N(Cc1ccccc1C)C(=O)CN(c1ccc(C)cc1)S(C)(=O)=O. The summed E-state index contributed by atoms with van der Waals surface area (Å²) in [6.45, 7) is 11.2. The number of hydrogen-bond acceptors (Lipinski definition) is 4. The van der Waals surface area contributed by atoms with Crippen LogP contribution < -0.4 is 9.62 Å². The van der Waals surface area contributed by atoms with Crippen LogP contribution in [0.5, 0.6) is 0 Å². The van der Waals surface area contributed by atoms with Crippen LogP contribution in [0.2, 0.25) is 0 Å². The maximum Gasteiger partial charge on any atom is 0.244 e. The van der Waals surface area contributed by atoms with Crippen LogP contribution in [0.15, 0.2) is 48.5 Å². The van der Waals surface area contributed by atoms with Crippen LogP contribution in [-0.2, 0) is 26.2 Å². The molecule has 0 saturated carbocycles. The second-order valence-electron chi connectivity index (χ2n) is 9.72. The standard InChI is InChI=1S/C26H37N3O4S/c1-8-23(25(31)27-26(4,5)6)28(17-21-12-10-9-11-20(21)3)24(30)18-29(34(7,32)33)22-15-13-19(2)14-16-22/h9-16,23H,8,17-18H2,1-7H3,(H,27,31). The van der Waals surface area contributed by atoms with Gasteiger partial charge in [-0.05, 0) is 64.3 Å². The van der Waals surface area contributed by atoms with Crippen molar-refractivity contribution in [2.75, 3.05) is 17.1 Å². The zero-order valence-corrected chi connectivity index (χ0v) is 22.1. The lowest BCUT2D eigenvalue weighted by Gasteiger charge is -2.34. The van der Waals surface area contributed by atoms with Crippen LogP contribution in [0.3, 0.4) is 0 Å². The number of nitrogens with one attached hydrogen (secondary N) is 1. The Balaban J connectivity index is 2.46. The quantitative estimate of drug-likeness (QED) is 0.583. The molecule has 0 spiro atoms. The first-order valence-electron chi connectivity index (χ1n) is 11.4. The number of anilines is 1. The average molecular weight is 488 g/mol. The molecular weight excluding hydrogens is 450 g/mol. The number of hydrogen-bond donors (Lipinski definition) is 1. The lowest BCUT2D eigenvalue weighted by Crippen LogP contribution is -2.55. The Morgan fingerprint density at radius 1 is 1.00 bits per heavy atom. The van der Waals surface area contributed by atoms with Gasteiger partial charge in [0.15, 0.2) is 0 Å². The average Bonchev–Trinajstić information content (AvgIpc) is 2.71. The second kappa shape index (κ2) is 11.0. The number of carbonyl (C=O) groups is 2. The monoisotopic (exact) mass is 487 g/mol. The van der Waals surface area contributed by atoms with E-state index in [4.69, 9.17) is 0 Å². The molecule has 34 heavy (non-hydrogen) atoms. The third kappa shape index (κ3) is 7.58. The smallest absolute Gasteiger partial charge is 0.244 e. The number of sulfonamides is 1. The summed E-state index contributed by atoms with van der Waals surface area (Å²) in [5, 5.41) is 2.96. The Labute approximate surface area is 204 Å². The van der Waals surface area contributed by atoms with E-state index in [2.05, 4.69) is 5.32 Å². The summed E-state index contributed by atoms with van der Waals surface area (Å²) in [6, 6.07) is 13.9. The van der Waals surface area contributed by atoms with Crippen LogP contribution in [0.4, 0.5) is 5.69 Å². The van der Waals surface area contributed by atoms with Crippen molar-refractivity contribution in [2.24, 2.45) is 0 Å². The number of benzene rings is 2. The van der Waals surface area contributed by atoms with Gasteiger partial charge in [0.2, 0.25) is 21.8 Å². The van der Waals surface area contributed by atoms with Gasteiger partial charge in [0, 0.05) is 12.1 Å². The molecule has 2 rings (SSSR count). The van der Waals surface area contributed by atoms with E-state index in [1.165, 1.54) is 4.90 Å². The molecule has 186 valence electrons. The van der Waals surface area contributed by atoms with Crippen molar-refractivity contribution in [1.29, 1.82) is 0 Å². The normalized spacial score (nSPS) is 12.7. The summed E-state index contributed by atoms with van der Waals surface area (Å²) in [6.07, 6.45) is 1.47. The number of aryl methyl sites for hydroxylation is 2. The van der Waals surface area contributed by atoms with E-state index in [1.807, 2.05) is 65.8 Å². The summed E-state index contributed by atoms with van der Waals surface area (Å²) in [5.41, 5.74) is 2.81. The molecule has 1 atom stereocenters. The van der Waals surface area contributed by atoms with E-state index in [1.54, 1.807) is 24.3 Å². The highest BCUT2D eigenvalue weighted by molar-refractivity contribution is 7.92. The Morgan fingerprint density at radius 3 is 2.09 bits per heavy atom. The van der Waals surface area contributed by atoms with Gasteiger partial charge in [0.05, 0.1) is 11.9 Å². The highest BCUT2D eigenvalue weighted by atomic mass is 32.2. The molecule has 1 unspecified atom stereocenters. The summed E-state index contributed by atoms with van der Waals surface area (Å²) in [4.78, 5) is 28.3. The van der Waals surface area contributed by atoms with Crippen LogP contribution in [0, 0.1) is 13.8 Å². The van der Waals surface area contributed by atoms with Crippen LogP contribution in [0.25, 0.3) is 0 Å². The minimum atomic E-state index is -3.74. The van der Waals surface area contributed by atoms with Crippen LogP contribution in [0.1, 0.15) is 50.8 Å². The van der Waals surface area contributed by atoms with E-state index >= 15 is 0 Å². The minimum absolute atomic E-state index is 0.201. The Kier molecular flexibility index (Phi) is 8.89. The highest BCUT2D eigenvalue weighted by Gasteiger charge is 2.33. The maximum absolute atomic E-state index is 13.7. The Bertz CT molecular complexity index is 1110. The van der Waals surface area contributed by atoms with Crippen molar-refractivity contribution >= 4 is 27.5 Å². The van der Waals surface area contributed by atoms with Gasteiger partial charge in [0.25, 0.3) is 0 Å². The zero-order valence-electron chi connectivity index (χ0n) is 21.3. The summed E-state index contributed by atoms with van der Waals surface area (Å²) in [7, 11) is -3.74. The van der Waals surface area contributed by atoms with Crippen molar-refractivity contribution in [3.63, 3.8) is 0 Å².